The lowest BCUT2D eigenvalue weighted by Gasteiger charge is -2.37. The summed E-state index contributed by atoms with van der Waals surface area (Å²) < 4.78 is 0. The molecule has 0 aliphatic carbocycles. The van der Waals surface area contributed by atoms with Crippen molar-refractivity contribution in [1.29, 1.82) is 0 Å². The van der Waals surface area contributed by atoms with E-state index >= 15 is 0 Å². The van der Waals surface area contributed by atoms with Gasteiger partial charge in [-0.1, -0.05) is 17.7 Å². The summed E-state index contributed by atoms with van der Waals surface area (Å²) in [6.45, 7) is 4.88. The second-order valence-corrected chi connectivity index (χ2v) is 7.83. The molecule has 0 unspecified atom stereocenters. The van der Waals surface area contributed by atoms with Crippen molar-refractivity contribution in [1.82, 2.24) is 4.90 Å². The van der Waals surface area contributed by atoms with Crippen LogP contribution in [0.15, 0.2) is 48.5 Å². The summed E-state index contributed by atoms with van der Waals surface area (Å²) in [7, 11) is 0. The molecule has 30 heavy (non-hydrogen) atoms. The fourth-order valence-electron chi connectivity index (χ4n) is 4.08. The van der Waals surface area contributed by atoms with Gasteiger partial charge in [0.1, 0.15) is 0 Å². The molecular formula is C22H24N4O4. The Labute approximate surface area is 174 Å². The molecule has 0 radical (unpaired) electrons. The Morgan fingerprint density at radius 3 is 2.17 bits per heavy atom. The number of nitrogens with zero attached hydrogens (tertiary/aromatic N) is 4. The molecule has 8 nitrogen and oxygen atoms in total. The van der Waals surface area contributed by atoms with Crippen molar-refractivity contribution in [2.24, 2.45) is 5.92 Å². The largest absolute Gasteiger partial charge is 0.368 e. The van der Waals surface area contributed by atoms with E-state index in [2.05, 4.69) is 4.90 Å². The topological polar surface area (TPSA) is 87.0 Å². The van der Waals surface area contributed by atoms with Crippen molar-refractivity contribution in [3.05, 3.63) is 64.2 Å². The number of hydrogen-bond acceptors (Lipinski definition) is 5. The highest BCUT2D eigenvalue weighted by Crippen LogP contribution is 2.27. The maximum atomic E-state index is 13.0. The quantitative estimate of drug-likeness (QED) is 0.573. The lowest BCUT2D eigenvalue weighted by molar-refractivity contribution is -0.384. The smallest absolute Gasteiger partial charge is 0.269 e. The van der Waals surface area contributed by atoms with Crippen molar-refractivity contribution >= 4 is 28.9 Å². The van der Waals surface area contributed by atoms with Crippen LogP contribution in [0.2, 0.25) is 0 Å². The summed E-state index contributed by atoms with van der Waals surface area (Å²) in [5, 5.41) is 10.8. The molecule has 2 heterocycles. The summed E-state index contributed by atoms with van der Waals surface area (Å²) in [5.74, 6) is -0.298. The van der Waals surface area contributed by atoms with Gasteiger partial charge in [0.15, 0.2) is 0 Å². The maximum Gasteiger partial charge on any atom is 0.269 e. The van der Waals surface area contributed by atoms with E-state index in [9.17, 15) is 19.7 Å². The van der Waals surface area contributed by atoms with Crippen LogP contribution in [0.3, 0.4) is 0 Å². The fraction of sp³-hybridized carbons (Fsp3) is 0.364. The van der Waals surface area contributed by atoms with Gasteiger partial charge in [-0.05, 0) is 31.2 Å². The van der Waals surface area contributed by atoms with Crippen LogP contribution in [0.1, 0.15) is 12.0 Å². The Morgan fingerprint density at radius 2 is 1.57 bits per heavy atom. The summed E-state index contributed by atoms with van der Waals surface area (Å²) in [4.78, 5) is 41.5. The Kier molecular flexibility index (Phi) is 5.39. The number of piperazine rings is 1. The molecule has 156 valence electrons. The van der Waals surface area contributed by atoms with E-state index in [1.54, 1.807) is 17.0 Å². The first-order valence-electron chi connectivity index (χ1n) is 10.1. The van der Waals surface area contributed by atoms with Crippen molar-refractivity contribution in [3.8, 4) is 0 Å². The predicted molar refractivity (Wildman–Crippen MR) is 114 cm³/mol. The molecule has 2 amide bonds. The first kappa shape index (κ1) is 19.9. The third-order valence-electron chi connectivity index (χ3n) is 5.84. The van der Waals surface area contributed by atoms with E-state index in [1.807, 2.05) is 36.1 Å². The molecule has 2 aliphatic heterocycles. The molecule has 0 saturated carbocycles. The van der Waals surface area contributed by atoms with E-state index in [-0.39, 0.29) is 29.8 Å². The van der Waals surface area contributed by atoms with Gasteiger partial charge in [0.2, 0.25) is 11.8 Å². The number of carbonyl (C=O) groups excluding carboxylic acids is 2. The third kappa shape index (κ3) is 3.98. The normalized spacial score (nSPS) is 19.3. The second kappa shape index (κ2) is 8.14. The number of anilines is 2. The first-order chi connectivity index (χ1) is 14.4. The number of aryl methyl sites for hydroxylation is 1. The van der Waals surface area contributed by atoms with Crippen molar-refractivity contribution < 1.29 is 14.5 Å². The van der Waals surface area contributed by atoms with E-state index in [0.717, 1.165) is 16.9 Å². The van der Waals surface area contributed by atoms with Gasteiger partial charge in [-0.2, -0.15) is 0 Å². The predicted octanol–water partition coefficient (Wildman–Crippen LogP) is 2.60. The minimum Gasteiger partial charge on any atom is -0.368 e. The van der Waals surface area contributed by atoms with Crippen LogP contribution < -0.4 is 9.80 Å². The highest BCUT2D eigenvalue weighted by molar-refractivity contribution is 6.00. The van der Waals surface area contributed by atoms with Crippen LogP contribution in [0, 0.1) is 23.0 Å². The number of hydrogen-bond donors (Lipinski definition) is 0. The minimum atomic E-state index is -0.414. The zero-order valence-electron chi connectivity index (χ0n) is 16.9. The lowest BCUT2D eigenvalue weighted by atomic mass is 10.1. The van der Waals surface area contributed by atoms with Gasteiger partial charge in [0.25, 0.3) is 5.69 Å². The lowest BCUT2D eigenvalue weighted by Crippen LogP contribution is -2.50. The Balaban J connectivity index is 1.34. The molecule has 0 aromatic heterocycles. The Hall–Kier alpha value is -3.42. The second-order valence-electron chi connectivity index (χ2n) is 7.83. The van der Waals surface area contributed by atoms with Crippen LogP contribution in [-0.4, -0.2) is 54.4 Å². The Bertz CT molecular complexity index is 950. The molecule has 0 spiro atoms. The molecule has 2 aliphatic rings. The van der Waals surface area contributed by atoms with Crippen LogP contribution in [0.4, 0.5) is 17.1 Å². The minimum absolute atomic E-state index is 0.0123. The van der Waals surface area contributed by atoms with Crippen LogP contribution in [-0.2, 0) is 9.59 Å². The summed E-state index contributed by atoms with van der Waals surface area (Å²) in [6, 6.07) is 14.2. The molecule has 8 heteroatoms. The standard InChI is InChI=1S/C22H24N4O4/c1-16-2-4-19(5-3-16)25-15-17(14-21(25)27)22(28)24-12-10-23(11-13-24)18-6-8-20(9-7-18)26(29)30/h2-9,17H,10-15H2,1H3/t17-/m0/s1. The van der Waals surface area contributed by atoms with Crippen LogP contribution in [0.25, 0.3) is 0 Å². The zero-order valence-corrected chi connectivity index (χ0v) is 16.9. The highest BCUT2D eigenvalue weighted by Gasteiger charge is 2.37. The van der Waals surface area contributed by atoms with Crippen molar-refractivity contribution in [3.63, 3.8) is 0 Å². The molecule has 2 aromatic rings. The third-order valence-corrected chi connectivity index (χ3v) is 5.84. The van der Waals surface area contributed by atoms with E-state index in [1.165, 1.54) is 12.1 Å². The average molecular weight is 408 g/mol. The molecule has 2 saturated heterocycles. The van der Waals surface area contributed by atoms with E-state index in [0.29, 0.717) is 32.7 Å². The highest BCUT2D eigenvalue weighted by atomic mass is 16.6. The van der Waals surface area contributed by atoms with Gasteiger partial charge in [-0.15, -0.1) is 0 Å². The first-order valence-corrected chi connectivity index (χ1v) is 10.1. The maximum absolute atomic E-state index is 13.0. The number of benzene rings is 2. The number of nitro groups is 1. The molecule has 0 bridgehead atoms. The summed E-state index contributed by atoms with van der Waals surface area (Å²) in [6.07, 6.45) is 0.245. The molecule has 4 rings (SSSR count). The SMILES string of the molecule is Cc1ccc(N2C[C@@H](C(=O)N3CCN(c4ccc([N+](=O)[O-])cc4)CC3)CC2=O)cc1. The number of amides is 2. The van der Waals surface area contributed by atoms with Gasteiger partial charge in [-0.3, -0.25) is 19.7 Å². The van der Waals surface area contributed by atoms with Crippen LogP contribution >= 0.6 is 0 Å². The molecule has 2 fully saturated rings. The van der Waals surface area contributed by atoms with Gasteiger partial charge in [0, 0.05) is 62.7 Å². The molecule has 1 atom stereocenters. The van der Waals surface area contributed by atoms with Crippen LogP contribution in [0.5, 0.6) is 0 Å². The average Bonchev–Trinajstić information content (AvgIpc) is 3.15. The Morgan fingerprint density at radius 1 is 0.967 bits per heavy atom. The molecule has 0 N–H and O–H groups in total. The van der Waals surface area contributed by atoms with Gasteiger partial charge in [0.05, 0.1) is 10.8 Å². The number of carbonyl (C=O) groups is 2. The molecular weight excluding hydrogens is 384 g/mol. The summed E-state index contributed by atoms with van der Waals surface area (Å²) >= 11 is 0. The van der Waals surface area contributed by atoms with Crippen molar-refractivity contribution in [2.45, 2.75) is 13.3 Å². The summed E-state index contributed by atoms with van der Waals surface area (Å²) in [5.41, 5.74) is 2.94. The van der Waals surface area contributed by atoms with E-state index < -0.39 is 4.92 Å². The van der Waals surface area contributed by atoms with Gasteiger partial charge >= 0.3 is 0 Å². The zero-order chi connectivity index (χ0) is 21.3. The van der Waals surface area contributed by atoms with Crippen molar-refractivity contribution in [2.75, 3.05) is 42.5 Å². The van der Waals surface area contributed by atoms with Gasteiger partial charge < -0.3 is 14.7 Å². The number of rotatable bonds is 4. The molecule has 2 aromatic carbocycles. The number of nitro benzene ring substituents is 1. The number of non-ortho nitro benzene ring substituents is 1. The fourth-order valence-corrected chi connectivity index (χ4v) is 4.08. The van der Waals surface area contributed by atoms with E-state index in [4.69, 9.17) is 0 Å². The monoisotopic (exact) mass is 408 g/mol. The van der Waals surface area contributed by atoms with Gasteiger partial charge in [-0.25, -0.2) is 0 Å².